The van der Waals surface area contributed by atoms with E-state index in [1.807, 2.05) is 0 Å². The van der Waals surface area contributed by atoms with Crippen LogP contribution < -0.4 is 0 Å². The van der Waals surface area contributed by atoms with E-state index in [1.54, 1.807) is 0 Å². The summed E-state index contributed by atoms with van der Waals surface area (Å²) in [4.78, 5) is 11.0. The molecule has 154 valence electrons. The van der Waals surface area contributed by atoms with Crippen molar-refractivity contribution in [3.05, 3.63) is 0 Å². The second kappa shape index (κ2) is 17.0. The van der Waals surface area contributed by atoms with Crippen LogP contribution in [0, 0.1) is 0 Å². The van der Waals surface area contributed by atoms with Crippen molar-refractivity contribution in [3.63, 3.8) is 0 Å². The molecule has 0 amide bonds. The Hall–Kier alpha value is -0.180. The molecule has 2 atom stereocenters. The van der Waals surface area contributed by atoms with Crippen molar-refractivity contribution in [2.24, 2.45) is 0 Å². The fraction of sp³-hybridized carbons (Fsp3) is 0.957. The van der Waals surface area contributed by atoms with Gasteiger partial charge in [-0.2, -0.15) is 11.8 Å². The summed E-state index contributed by atoms with van der Waals surface area (Å²) in [5.74, 6) is -0.0604. The fourth-order valence-electron chi connectivity index (χ4n) is 3.77. The van der Waals surface area contributed by atoms with Gasteiger partial charge in [-0.3, -0.25) is 4.79 Å². The number of unbranched alkanes of at least 4 members (excludes halogenated alkanes) is 13. The molecule has 0 N–H and O–H groups in total. The molecule has 1 rings (SSSR count). The molecule has 0 radical (unpaired) electrons. The fourth-order valence-corrected chi connectivity index (χ4v) is 5.00. The lowest BCUT2D eigenvalue weighted by atomic mass is 10.0. The van der Waals surface area contributed by atoms with E-state index in [-0.39, 0.29) is 5.97 Å². The topological polar surface area (TPSA) is 26.3 Å². The smallest absolute Gasteiger partial charge is 0.305 e. The third kappa shape index (κ3) is 13.9. The number of thioether (sulfide) groups is 1. The summed E-state index contributed by atoms with van der Waals surface area (Å²) in [7, 11) is 1.47. The normalized spacial score (nSPS) is 18.8. The van der Waals surface area contributed by atoms with Crippen molar-refractivity contribution in [3.8, 4) is 0 Å². The molecule has 2 unspecified atom stereocenters. The summed E-state index contributed by atoms with van der Waals surface area (Å²) in [6.07, 6.45) is 24.1. The van der Waals surface area contributed by atoms with E-state index in [2.05, 4.69) is 23.4 Å². The molecule has 1 aliphatic heterocycles. The first-order valence-corrected chi connectivity index (χ1v) is 12.4. The molecule has 1 heterocycles. The van der Waals surface area contributed by atoms with E-state index in [4.69, 9.17) is 0 Å². The molecule has 2 nitrogen and oxygen atoms in total. The first-order chi connectivity index (χ1) is 12.8. The zero-order valence-electron chi connectivity index (χ0n) is 17.6. The molecular weight excluding hydrogens is 340 g/mol. The van der Waals surface area contributed by atoms with Crippen LogP contribution in [0.1, 0.15) is 122 Å². The number of carbonyl (C=O) groups is 1. The van der Waals surface area contributed by atoms with Crippen LogP contribution in [0.4, 0.5) is 0 Å². The van der Waals surface area contributed by atoms with Crippen molar-refractivity contribution in [2.75, 3.05) is 7.11 Å². The Balaban J connectivity index is 1.74. The number of ether oxygens (including phenoxy) is 1. The molecule has 26 heavy (non-hydrogen) atoms. The van der Waals surface area contributed by atoms with Crippen LogP contribution in [0.15, 0.2) is 0 Å². The molecule has 0 spiro atoms. The number of esters is 1. The maximum absolute atomic E-state index is 11.0. The van der Waals surface area contributed by atoms with Crippen molar-refractivity contribution in [2.45, 2.75) is 133 Å². The minimum Gasteiger partial charge on any atom is -0.469 e. The number of rotatable bonds is 19. The molecule has 0 aromatic carbocycles. The van der Waals surface area contributed by atoms with Gasteiger partial charge in [-0.1, -0.05) is 96.8 Å². The lowest BCUT2D eigenvalue weighted by molar-refractivity contribution is -0.140. The molecule has 1 fully saturated rings. The Bertz CT molecular complexity index is 332. The minimum absolute atomic E-state index is 0.0604. The third-order valence-electron chi connectivity index (χ3n) is 5.63. The average Bonchev–Trinajstić information content (AvgIpc) is 3.40. The lowest BCUT2D eigenvalue weighted by Gasteiger charge is -2.03. The van der Waals surface area contributed by atoms with E-state index in [9.17, 15) is 4.79 Å². The Morgan fingerprint density at radius 3 is 1.58 bits per heavy atom. The van der Waals surface area contributed by atoms with Gasteiger partial charge in [0.1, 0.15) is 0 Å². The van der Waals surface area contributed by atoms with E-state index in [0.717, 1.165) is 16.9 Å². The molecule has 0 aromatic rings. The minimum atomic E-state index is -0.0604. The second-order valence-electron chi connectivity index (χ2n) is 8.07. The second-order valence-corrected chi connectivity index (χ2v) is 9.55. The number of methoxy groups -OCH3 is 1. The number of hydrogen-bond donors (Lipinski definition) is 0. The van der Waals surface area contributed by atoms with Gasteiger partial charge in [-0.15, -0.1) is 0 Å². The highest BCUT2D eigenvalue weighted by Gasteiger charge is 2.36. The zero-order valence-corrected chi connectivity index (χ0v) is 18.4. The number of carbonyl (C=O) groups excluding carboxylic acids is 1. The van der Waals surface area contributed by atoms with Gasteiger partial charge in [0.15, 0.2) is 0 Å². The van der Waals surface area contributed by atoms with Crippen LogP contribution in [0.25, 0.3) is 0 Å². The number of hydrogen-bond acceptors (Lipinski definition) is 3. The Morgan fingerprint density at radius 2 is 1.12 bits per heavy atom. The predicted octanol–water partition coefficient (Wildman–Crippen LogP) is 7.69. The quantitative estimate of drug-likeness (QED) is 0.130. The standard InChI is InChI=1S/C23H44O2S/c1-3-4-5-6-7-8-9-10-11-12-15-18-21-22(26-21)19-16-13-14-17-20-23(24)25-2/h21-22H,3-20H2,1-2H3. The van der Waals surface area contributed by atoms with Gasteiger partial charge in [0.2, 0.25) is 0 Å². The molecule has 0 aliphatic carbocycles. The first kappa shape index (κ1) is 23.9. The van der Waals surface area contributed by atoms with Crippen LogP contribution in [-0.4, -0.2) is 23.6 Å². The van der Waals surface area contributed by atoms with Gasteiger partial charge < -0.3 is 4.74 Å². The van der Waals surface area contributed by atoms with Crippen molar-refractivity contribution in [1.82, 2.24) is 0 Å². The van der Waals surface area contributed by atoms with Crippen LogP contribution in [0.2, 0.25) is 0 Å². The van der Waals surface area contributed by atoms with Gasteiger partial charge >= 0.3 is 5.97 Å². The van der Waals surface area contributed by atoms with Crippen molar-refractivity contribution >= 4 is 17.7 Å². The van der Waals surface area contributed by atoms with E-state index in [0.29, 0.717) is 6.42 Å². The van der Waals surface area contributed by atoms with Crippen LogP contribution >= 0.6 is 11.8 Å². The monoisotopic (exact) mass is 384 g/mol. The largest absolute Gasteiger partial charge is 0.469 e. The highest BCUT2D eigenvalue weighted by molar-refractivity contribution is 8.07. The Morgan fingerprint density at radius 1 is 0.692 bits per heavy atom. The van der Waals surface area contributed by atoms with Gasteiger partial charge in [-0.05, 0) is 19.3 Å². The molecular formula is C23H44O2S. The lowest BCUT2D eigenvalue weighted by Crippen LogP contribution is -1.99. The summed E-state index contributed by atoms with van der Waals surface area (Å²) in [5, 5.41) is 1.93. The highest BCUT2D eigenvalue weighted by Crippen LogP contribution is 2.47. The van der Waals surface area contributed by atoms with E-state index in [1.165, 1.54) is 110 Å². The third-order valence-corrected chi connectivity index (χ3v) is 7.14. The SMILES string of the molecule is CCCCCCCCCCCCCC1SC1CCCCCCC(=O)OC. The van der Waals surface area contributed by atoms with Crippen LogP contribution in [0.5, 0.6) is 0 Å². The average molecular weight is 385 g/mol. The molecule has 0 bridgehead atoms. The van der Waals surface area contributed by atoms with Gasteiger partial charge in [-0.25, -0.2) is 0 Å². The molecule has 0 aromatic heterocycles. The maximum Gasteiger partial charge on any atom is 0.305 e. The van der Waals surface area contributed by atoms with Crippen LogP contribution in [-0.2, 0) is 9.53 Å². The zero-order chi connectivity index (χ0) is 18.9. The Labute approximate surface area is 167 Å². The molecule has 1 aliphatic rings. The van der Waals surface area contributed by atoms with E-state index < -0.39 is 0 Å². The first-order valence-electron chi connectivity index (χ1n) is 11.5. The summed E-state index contributed by atoms with van der Waals surface area (Å²) >= 11 is 2.22. The van der Waals surface area contributed by atoms with Crippen LogP contribution in [0.3, 0.4) is 0 Å². The Kier molecular flexibility index (Phi) is 15.6. The molecule has 1 saturated heterocycles. The summed E-state index contributed by atoms with van der Waals surface area (Å²) < 4.78 is 4.67. The molecule has 3 heteroatoms. The highest BCUT2D eigenvalue weighted by atomic mass is 32.2. The van der Waals surface area contributed by atoms with Crippen molar-refractivity contribution in [1.29, 1.82) is 0 Å². The van der Waals surface area contributed by atoms with Gasteiger partial charge in [0.05, 0.1) is 7.11 Å². The van der Waals surface area contributed by atoms with E-state index >= 15 is 0 Å². The van der Waals surface area contributed by atoms with Crippen molar-refractivity contribution < 1.29 is 9.53 Å². The van der Waals surface area contributed by atoms with Gasteiger partial charge in [0.25, 0.3) is 0 Å². The summed E-state index contributed by atoms with van der Waals surface area (Å²) in [5.41, 5.74) is 0. The molecule has 0 saturated carbocycles. The summed E-state index contributed by atoms with van der Waals surface area (Å²) in [6.45, 7) is 2.29. The maximum atomic E-state index is 11.0. The summed E-state index contributed by atoms with van der Waals surface area (Å²) in [6, 6.07) is 0. The predicted molar refractivity (Wildman–Crippen MR) is 116 cm³/mol. The van der Waals surface area contributed by atoms with Gasteiger partial charge in [0, 0.05) is 16.9 Å².